The van der Waals surface area contributed by atoms with Gasteiger partial charge in [-0.2, -0.15) is 10.4 Å². The highest BCUT2D eigenvalue weighted by Crippen LogP contribution is 2.17. The van der Waals surface area contributed by atoms with Gasteiger partial charge in [-0.25, -0.2) is 8.42 Å². The van der Waals surface area contributed by atoms with E-state index in [1.807, 2.05) is 6.07 Å². The van der Waals surface area contributed by atoms with Crippen LogP contribution in [0.5, 0.6) is 0 Å². The minimum absolute atomic E-state index is 0.116. The van der Waals surface area contributed by atoms with Crippen LogP contribution in [0.25, 0.3) is 0 Å². The lowest BCUT2D eigenvalue weighted by Gasteiger charge is -2.05. The number of anilines is 1. The Morgan fingerprint density at radius 1 is 1.45 bits per heavy atom. The molecule has 0 fully saturated rings. The van der Waals surface area contributed by atoms with E-state index in [-0.39, 0.29) is 17.2 Å². The highest BCUT2D eigenvalue weighted by atomic mass is 79.9. The number of benzene rings is 1. The van der Waals surface area contributed by atoms with Gasteiger partial charge in [-0.1, -0.05) is 6.07 Å². The van der Waals surface area contributed by atoms with Gasteiger partial charge in [0.1, 0.15) is 0 Å². The minimum Gasteiger partial charge on any atom is -0.381 e. The van der Waals surface area contributed by atoms with Gasteiger partial charge in [0.25, 0.3) is 0 Å². The summed E-state index contributed by atoms with van der Waals surface area (Å²) in [6, 6.07) is 7.87. The van der Waals surface area contributed by atoms with Crippen LogP contribution < -0.4 is 5.73 Å². The number of rotatable bonds is 4. The quantitative estimate of drug-likeness (QED) is 0.897. The van der Waals surface area contributed by atoms with Gasteiger partial charge in [-0.3, -0.25) is 4.68 Å². The minimum atomic E-state index is -3.46. The van der Waals surface area contributed by atoms with E-state index in [2.05, 4.69) is 21.0 Å². The van der Waals surface area contributed by atoms with Crippen molar-refractivity contribution in [2.24, 2.45) is 0 Å². The molecule has 0 saturated heterocycles. The molecule has 1 heterocycles. The summed E-state index contributed by atoms with van der Waals surface area (Å²) < 4.78 is 26.4. The third-order valence-electron chi connectivity index (χ3n) is 2.65. The largest absolute Gasteiger partial charge is 0.381 e. The van der Waals surface area contributed by atoms with E-state index in [0.717, 1.165) is 0 Å². The van der Waals surface area contributed by atoms with Gasteiger partial charge in [-0.15, -0.1) is 0 Å². The van der Waals surface area contributed by atoms with Crippen LogP contribution in [0.2, 0.25) is 0 Å². The Balaban J connectivity index is 2.17. The fourth-order valence-corrected chi connectivity index (χ4v) is 3.19. The summed E-state index contributed by atoms with van der Waals surface area (Å²) in [6.07, 6.45) is 1.62. The Bertz CT molecular complexity index is 757. The van der Waals surface area contributed by atoms with E-state index in [4.69, 9.17) is 11.0 Å². The summed E-state index contributed by atoms with van der Waals surface area (Å²) in [6.45, 7) is 0.189. The molecular formula is C12H11BrN4O2S. The summed E-state index contributed by atoms with van der Waals surface area (Å²) in [5.74, 6) is 0.198. The molecule has 0 aliphatic heterocycles. The van der Waals surface area contributed by atoms with Gasteiger partial charge in [0.2, 0.25) is 0 Å². The second-order valence-electron chi connectivity index (χ2n) is 4.08. The normalized spacial score (nSPS) is 11.2. The summed E-state index contributed by atoms with van der Waals surface area (Å²) in [5, 5.41) is 12.8. The van der Waals surface area contributed by atoms with Crippen molar-refractivity contribution in [2.75, 3.05) is 11.5 Å². The molecule has 1 aromatic heterocycles. The molecule has 20 heavy (non-hydrogen) atoms. The molecule has 104 valence electrons. The van der Waals surface area contributed by atoms with Crippen LogP contribution in [0.4, 0.5) is 5.82 Å². The van der Waals surface area contributed by atoms with Crippen LogP contribution in [0.1, 0.15) is 5.56 Å². The van der Waals surface area contributed by atoms with Gasteiger partial charge in [0, 0.05) is 6.20 Å². The summed E-state index contributed by atoms with van der Waals surface area (Å²) in [4.78, 5) is 0.135. The van der Waals surface area contributed by atoms with Crippen molar-refractivity contribution in [3.8, 4) is 6.07 Å². The van der Waals surface area contributed by atoms with Gasteiger partial charge < -0.3 is 5.73 Å². The highest BCUT2D eigenvalue weighted by molar-refractivity contribution is 9.10. The van der Waals surface area contributed by atoms with Crippen LogP contribution in [0, 0.1) is 11.3 Å². The number of sulfone groups is 1. The van der Waals surface area contributed by atoms with Crippen molar-refractivity contribution in [3.63, 3.8) is 0 Å². The maximum atomic E-state index is 12.2. The Morgan fingerprint density at radius 3 is 2.80 bits per heavy atom. The molecule has 0 spiro atoms. The van der Waals surface area contributed by atoms with E-state index in [1.54, 1.807) is 18.3 Å². The van der Waals surface area contributed by atoms with Crippen LogP contribution >= 0.6 is 15.9 Å². The highest BCUT2D eigenvalue weighted by Gasteiger charge is 2.15. The fraction of sp³-hybridized carbons (Fsp3) is 0.167. The van der Waals surface area contributed by atoms with Gasteiger partial charge in [0.05, 0.1) is 33.3 Å². The molecule has 0 bridgehead atoms. The van der Waals surface area contributed by atoms with Crippen molar-refractivity contribution in [1.82, 2.24) is 9.78 Å². The number of nitriles is 1. The maximum Gasteiger partial charge on any atom is 0.180 e. The molecule has 0 atom stereocenters. The molecule has 0 aliphatic rings. The van der Waals surface area contributed by atoms with E-state index < -0.39 is 9.84 Å². The number of nitrogens with zero attached hydrogens (tertiary/aromatic N) is 3. The van der Waals surface area contributed by atoms with Gasteiger partial charge in [-0.05, 0) is 34.1 Å². The monoisotopic (exact) mass is 354 g/mol. The Morgan fingerprint density at radius 2 is 2.20 bits per heavy atom. The van der Waals surface area contributed by atoms with Crippen LogP contribution in [-0.4, -0.2) is 24.0 Å². The number of hydrogen-bond donors (Lipinski definition) is 1. The predicted molar refractivity (Wildman–Crippen MR) is 77.5 cm³/mol. The van der Waals surface area contributed by atoms with E-state index in [1.165, 1.54) is 16.8 Å². The lowest BCUT2D eigenvalue weighted by atomic mass is 10.2. The number of nitrogen functional groups attached to an aromatic ring is 1. The molecular weight excluding hydrogens is 344 g/mol. The molecule has 0 amide bonds. The maximum absolute atomic E-state index is 12.2. The molecule has 0 radical (unpaired) electrons. The van der Waals surface area contributed by atoms with E-state index in [0.29, 0.717) is 15.9 Å². The predicted octanol–water partition coefficient (Wildman–Crippen LogP) is 1.57. The van der Waals surface area contributed by atoms with Crippen LogP contribution in [-0.2, 0) is 16.4 Å². The molecule has 0 aliphatic carbocycles. The zero-order chi connectivity index (χ0) is 14.8. The topological polar surface area (TPSA) is 102 Å². The van der Waals surface area contributed by atoms with Gasteiger partial charge in [0.15, 0.2) is 15.7 Å². The molecule has 0 saturated carbocycles. The molecule has 2 N–H and O–H groups in total. The first kappa shape index (κ1) is 14.6. The number of hydrogen-bond acceptors (Lipinski definition) is 5. The number of halogens is 1. The fourth-order valence-electron chi connectivity index (χ4n) is 1.62. The average Bonchev–Trinajstić information content (AvgIpc) is 2.76. The first-order valence-corrected chi connectivity index (χ1v) is 8.08. The first-order valence-electron chi connectivity index (χ1n) is 5.64. The lowest BCUT2D eigenvalue weighted by molar-refractivity contribution is 0.581. The summed E-state index contributed by atoms with van der Waals surface area (Å²) in [5.41, 5.74) is 5.88. The lowest BCUT2D eigenvalue weighted by Crippen LogP contribution is -2.14. The van der Waals surface area contributed by atoms with Crippen molar-refractivity contribution in [2.45, 2.75) is 11.4 Å². The van der Waals surface area contributed by atoms with Crippen LogP contribution in [0.3, 0.4) is 0 Å². The average molecular weight is 355 g/mol. The molecule has 6 nitrogen and oxygen atoms in total. The molecule has 8 heteroatoms. The van der Waals surface area contributed by atoms with Crippen molar-refractivity contribution in [1.29, 1.82) is 5.26 Å². The second-order valence-corrected chi connectivity index (χ2v) is 7.05. The Hall–Kier alpha value is -1.85. The second kappa shape index (κ2) is 5.64. The Labute approximate surface area is 124 Å². The smallest absolute Gasteiger partial charge is 0.180 e. The SMILES string of the molecule is N#Cc1cccc(S(=O)(=O)CCn2cc(Br)c(N)n2)c1. The third-order valence-corrected chi connectivity index (χ3v) is 4.96. The van der Waals surface area contributed by atoms with Crippen molar-refractivity contribution < 1.29 is 8.42 Å². The molecule has 2 rings (SSSR count). The van der Waals surface area contributed by atoms with Gasteiger partial charge >= 0.3 is 0 Å². The molecule has 1 aromatic carbocycles. The van der Waals surface area contributed by atoms with E-state index >= 15 is 0 Å². The Kier molecular flexibility index (Phi) is 4.11. The number of aryl methyl sites for hydroxylation is 1. The van der Waals surface area contributed by atoms with Crippen LogP contribution in [0.15, 0.2) is 39.8 Å². The number of aromatic nitrogens is 2. The molecule has 0 unspecified atom stereocenters. The standard InChI is InChI=1S/C12H11BrN4O2S/c13-11-8-17(16-12(11)15)4-5-20(18,19)10-3-1-2-9(6-10)7-14/h1-3,6,8H,4-5H2,(H2,15,16). The van der Waals surface area contributed by atoms with E-state index in [9.17, 15) is 8.42 Å². The molecule has 2 aromatic rings. The van der Waals surface area contributed by atoms with Crippen molar-refractivity contribution >= 4 is 31.6 Å². The zero-order valence-electron chi connectivity index (χ0n) is 10.3. The number of nitrogens with two attached hydrogens (primary N) is 1. The zero-order valence-corrected chi connectivity index (χ0v) is 12.7. The first-order chi connectivity index (χ1) is 9.42. The summed E-state index contributed by atoms with van der Waals surface area (Å²) in [7, 11) is -3.46. The third kappa shape index (κ3) is 3.18. The van der Waals surface area contributed by atoms with Crippen molar-refractivity contribution in [3.05, 3.63) is 40.5 Å². The summed E-state index contributed by atoms with van der Waals surface area (Å²) >= 11 is 3.21.